The van der Waals surface area contributed by atoms with Crippen LogP contribution in [0.1, 0.15) is 6.92 Å². The van der Waals surface area contributed by atoms with Crippen molar-refractivity contribution < 1.29 is 17.7 Å². The fraction of sp³-hybridized carbons (Fsp3) is 1.00. The number of hydrogen-bond donors (Lipinski definition) is 1. The maximum atomic E-state index is 9.78. The van der Waals surface area contributed by atoms with Gasteiger partial charge in [0.05, 0.1) is 0 Å². The summed E-state index contributed by atoms with van der Waals surface area (Å²) in [7, 11) is 1.39. The van der Waals surface area contributed by atoms with Gasteiger partial charge in [0.1, 0.15) is 0 Å². The second kappa shape index (κ2) is 3.96. The zero-order valence-corrected chi connectivity index (χ0v) is 5.47. The molecule has 0 spiro atoms. The van der Waals surface area contributed by atoms with Crippen LogP contribution in [0.3, 0.4) is 0 Å². The first kappa shape index (κ1) is 8.03. The summed E-state index contributed by atoms with van der Waals surface area (Å²) in [5, 5.41) is 0. The van der Waals surface area contributed by atoms with Gasteiger partial charge in [0, 0.05) is 7.11 Å². The molecule has 2 atom stereocenters. The molecule has 2 unspecified atom stereocenters. The summed E-state index contributed by atoms with van der Waals surface area (Å²) in [6.45, 7) is 1.52. The molecular formula is C3H8O4S. The van der Waals surface area contributed by atoms with Crippen molar-refractivity contribution >= 4 is 11.4 Å². The highest BCUT2D eigenvalue weighted by Gasteiger charge is 2.00. The third kappa shape index (κ3) is 4.20. The molecule has 0 rings (SSSR count). The van der Waals surface area contributed by atoms with Gasteiger partial charge in [-0.05, 0) is 6.92 Å². The highest BCUT2D eigenvalue weighted by molar-refractivity contribution is 7.74. The van der Waals surface area contributed by atoms with E-state index in [1.807, 2.05) is 0 Å². The summed E-state index contributed by atoms with van der Waals surface area (Å²) >= 11 is -2.22. The Balaban J connectivity index is 3.24. The first-order valence-corrected chi connectivity index (χ1v) is 3.00. The fourth-order valence-electron chi connectivity index (χ4n) is 0.155. The van der Waals surface area contributed by atoms with E-state index in [2.05, 4.69) is 8.92 Å². The van der Waals surface area contributed by atoms with Gasteiger partial charge in [-0.3, -0.25) is 4.55 Å². The van der Waals surface area contributed by atoms with Crippen LogP contribution in [0.4, 0.5) is 0 Å². The summed E-state index contributed by atoms with van der Waals surface area (Å²) in [6, 6.07) is 0. The van der Waals surface area contributed by atoms with Crippen LogP contribution >= 0.6 is 0 Å². The standard InChI is InChI=1S/C3H8O4S/c1-3(6-2)7-8(4)5/h3H,1-2H3,(H,4,5). The zero-order valence-electron chi connectivity index (χ0n) is 4.66. The van der Waals surface area contributed by atoms with Crippen molar-refractivity contribution in [1.29, 1.82) is 0 Å². The second-order valence-corrected chi connectivity index (χ2v) is 1.74. The van der Waals surface area contributed by atoms with Crippen LogP contribution in [0.5, 0.6) is 0 Å². The lowest BCUT2D eigenvalue weighted by Crippen LogP contribution is -2.11. The normalized spacial score (nSPS) is 17.9. The molecule has 0 aliphatic rings. The Morgan fingerprint density at radius 1 is 1.75 bits per heavy atom. The molecule has 0 aliphatic carbocycles. The molecule has 0 radical (unpaired) electrons. The molecule has 0 aromatic rings. The Labute approximate surface area is 50.3 Å². The molecule has 0 aromatic carbocycles. The average Bonchev–Trinajstić information content (AvgIpc) is 1.65. The predicted molar refractivity (Wildman–Crippen MR) is 28.3 cm³/mol. The molecule has 50 valence electrons. The third-order valence-corrected chi connectivity index (χ3v) is 0.985. The molecular weight excluding hydrogens is 132 g/mol. The number of rotatable bonds is 3. The monoisotopic (exact) mass is 140 g/mol. The Bertz CT molecular complexity index is 83.4. The van der Waals surface area contributed by atoms with E-state index in [-0.39, 0.29) is 0 Å². The lowest BCUT2D eigenvalue weighted by atomic mass is 10.8. The van der Waals surface area contributed by atoms with Crippen molar-refractivity contribution in [3.63, 3.8) is 0 Å². The van der Waals surface area contributed by atoms with E-state index in [0.29, 0.717) is 0 Å². The minimum absolute atomic E-state index is 0.624. The molecule has 4 nitrogen and oxygen atoms in total. The average molecular weight is 140 g/mol. The first-order valence-electron chi connectivity index (χ1n) is 1.97. The number of hydrogen-bond acceptors (Lipinski definition) is 3. The van der Waals surface area contributed by atoms with Gasteiger partial charge in [-0.15, -0.1) is 0 Å². The van der Waals surface area contributed by atoms with Gasteiger partial charge in [0.15, 0.2) is 6.29 Å². The highest BCUT2D eigenvalue weighted by atomic mass is 32.2. The van der Waals surface area contributed by atoms with Gasteiger partial charge in [0.2, 0.25) is 0 Å². The molecule has 5 heteroatoms. The highest BCUT2D eigenvalue weighted by Crippen LogP contribution is 1.90. The Morgan fingerprint density at radius 2 is 2.25 bits per heavy atom. The summed E-state index contributed by atoms with van der Waals surface area (Å²) in [5.41, 5.74) is 0. The summed E-state index contributed by atoms with van der Waals surface area (Å²) in [4.78, 5) is 0. The van der Waals surface area contributed by atoms with Crippen molar-refractivity contribution in [3.8, 4) is 0 Å². The molecule has 1 N–H and O–H groups in total. The first-order chi connectivity index (χ1) is 3.66. The molecule has 0 aliphatic heterocycles. The van der Waals surface area contributed by atoms with Crippen molar-refractivity contribution in [2.75, 3.05) is 7.11 Å². The molecule has 0 aromatic heterocycles. The van der Waals surface area contributed by atoms with E-state index in [1.165, 1.54) is 14.0 Å². The Morgan fingerprint density at radius 3 is 2.38 bits per heavy atom. The van der Waals surface area contributed by atoms with Gasteiger partial charge in [-0.1, -0.05) is 0 Å². The Hall–Kier alpha value is 0.0300. The predicted octanol–water partition coefficient (Wildman–Crippen LogP) is 0.132. The topological polar surface area (TPSA) is 55.8 Å². The quantitative estimate of drug-likeness (QED) is 0.447. The van der Waals surface area contributed by atoms with Crippen LogP contribution in [0.15, 0.2) is 0 Å². The lowest BCUT2D eigenvalue weighted by molar-refractivity contribution is -0.0345. The minimum Gasteiger partial charge on any atom is -0.355 e. The van der Waals surface area contributed by atoms with Crippen LogP contribution in [0, 0.1) is 0 Å². The number of ether oxygens (including phenoxy) is 1. The van der Waals surface area contributed by atoms with E-state index in [4.69, 9.17) is 4.55 Å². The maximum Gasteiger partial charge on any atom is 0.304 e. The van der Waals surface area contributed by atoms with Crippen LogP contribution in [0.25, 0.3) is 0 Å². The van der Waals surface area contributed by atoms with Gasteiger partial charge < -0.3 is 4.74 Å². The SMILES string of the molecule is COC(C)OS(=O)O. The van der Waals surface area contributed by atoms with Gasteiger partial charge in [-0.2, -0.15) is 4.21 Å². The van der Waals surface area contributed by atoms with E-state index in [9.17, 15) is 4.21 Å². The van der Waals surface area contributed by atoms with E-state index >= 15 is 0 Å². The van der Waals surface area contributed by atoms with Gasteiger partial charge in [-0.25, -0.2) is 4.18 Å². The van der Waals surface area contributed by atoms with Crippen LogP contribution in [-0.4, -0.2) is 22.2 Å². The molecule has 0 amide bonds. The summed E-state index contributed by atoms with van der Waals surface area (Å²) in [5.74, 6) is 0. The maximum absolute atomic E-state index is 9.78. The van der Waals surface area contributed by atoms with Gasteiger partial charge >= 0.3 is 11.4 Å². The van der Waals surface area contributed by atoms with Crippen molar-refractivity contribution in [2.24, 2.45) is 0 Å². The van der Waals surface area contributed by atoms with E-state index in [0.717, 1.165) is 0 Å². The second-order valence-electron chi connectivity index (χ2n) is 1.12. The van der Waals surface area contributed by atoms with Gasteiger partial charge in [0.25, 0.3) is 0 Å². The molecule has 8 heavy (non-hydrogen) atoms. The smallest absolute Gasteiger partial charge is 0.304 e. The third-order valence-electron chi connectivity index (χ3n) is 0.550. The molecule has 0 fully saturated rings. The minimum atomic E-state index is -2.22. The lowest BCUT2D eigenvalue weighted by Gasteiger charge is -2.04. The van der Waals surface area contributed by atoms with Crippen molar-refractivity contribution in [2.45, 2.75) is 13.2 Å². The summed E-state index contributed by atoms with van der Waals surface area (Å²) < 4.78 is 26.5. The van der Waals surface area contributed by atoms with Crippen molar-refractivity contribution in [1.82, 2.24) is 0 Å². The molecule has 0 saturated carbocycles. The van der Waals surface area contributed by atoms with E-state index in [1.54, 1.807) is 0 Å². The molecule has 0 bridgehead atoms. The fourth-order valence-corrected chi connectivity index (χ4v) is 0.466. The van der Waals surface area contributed by atoms with Crippen LogP contribution in [-0.2, 0) is 20.3 Å². The Kier molecular flexibility index (Phi) is 3.98. The molecule has 0 heterocycles. The van der Waals surface area contributed by atoms with E-state index < -0.39 is 17.7 Å². The zero-order chi connectivity index (χ0) is 6.57. The largest absolute Gasteiger partial charge is 0.355 e. The van der Waals surface area contributed by atoms with Crippen molar-refractivity contribution in [3.05, 3.63) is 0 Å². The molecule has 0 saturated heterocycles. The summed E-state index contributed by atoms with van der Waals surface area (Å²) in [6.07, 6.45) is -0.624. The van der Waals surface area contributed by atoms with Crippen LogP contribution in [0.2, 0.25) is 0 Å². The number of methoxy groups -OCH3 is 1. The van der Waals surface area contributed by atoms with Crippen LogP contribution < -0.4 is 0 Å².